The largest absolute Gasteiger partial charge is 0.241 e. The zero-order chi connectivity index (χ0) is 18.7. The summed E-state index contributed by atoms with van der Waals surface area (Å²) in [5, 5.41) is 0.727. The van der Waals surface area contributed by atoms with Gasteiger partial charge >= 0.3 is 0 Å². The lowest BCUT2D eigenvalue weighted by Gasteiger charge is -2.13. The number of rotatable bonds is 5. The SMILES string of the molecule is CC(C)c1cccc(-c2cc(CC(C)c3cccc(Cl)c3)ncn2)c1F. The molecule has 134 valence electrons. The summed E-state index contributed by atoms with van der Waals surface area (Å²) >= 11 is 6.09. The first-order valence-corrected chi connectivity index (χ1v) is 9.18. The summed E-state index contributed by atoms with van der Waals surface area (Å²) in [6.45, 7) is 6.11. The van der Waals surface area contributed by atoms with Crippen molar-refractivity contribution < 1.29 is 4.39 Å². The fraction of sp³-hybridized carbons (Fsp3) is 0.273. The zero-order valence-corrected chi connectivity index (χ0v) is 16.0. The Bertz CT molecular complexity index is 908. The van der Waals surface area contributed by atoms with Crippen molar-refractivity contribution in [1.82, 2.24) is 9.97 Å². The van der Waals surface area contributed by atoms with Gasteiger partial charge in [0.25, 0.3) is 0 Å². The number of hydrogen-bond acceptors (Lipinski definition) is 2. The number of halogens is 2. The molecule has 2 nitrogen and oxygen atoms in total. The summed E-state index contributed by atoms with van der Waals surface area (Å²) in [5.41, 5.74) is 3.89. The molecule has 0 N–H and O–H groups in total. The highest BCUT2D eigenvalue weighted by Crippen LogP contribution is 2.29. The third kappa shape index (κ3) is 4.10. The first-order valence-electron chi connectivity index (χ1n) is 8.81. The Morgan fingerprint density at radius 3 is 2.50 bits per heavy atom. The van der Waals surface area contributed by atoms with E-state index in [0.29, 0.717) is 16.8 Å². The number of nitrogens with zero attached hydrogens (tertiary/aromatic N) is 2. The lowest BCUT2D eigenvalue weighted by atomic mass is 9.95. The molecule has 1 heterocycles. The minimum absolute atomic E-state index is 0.124. The second-order valence-electron chi connectivity index (χ2n) is 6.92. The molecule has 0 aliphatic heterocycles. The number of aromatic nitrogens is 2. The predicted octanol–water partition coefficient (Wildman–Crippen LogP) is 6.41. The summed E-state index contributed by atoms with van der Waals surface area (Å²) in [4.78, 5) is 8.67. The van der Waals surface area contributed by atoms with E-state index in [1.165, 1.54) is 6.33 Å². The highest BCUT2D eigenvalue weighted by atomic mass is 35.5. The van der Waals surface area contributed by atoms with E-state index in [1.807, 2.05) is 50.2 Å². The van der Waals surface area contributed by atoms with E-state index in [-0.39, 0.29) is 17.7 Å². The Balaban J connectivity index is 1.88. The van der Waals surface area contributed by atoms with Crippen molar-refractivity contribution >= 4 is 11.6 Å². The maximum absolute atomic E-state index is 14.8. The molecule has 0 fully saturated rings. The van der Waals surface area contributed by atoms with E-state index < -0.39 is 0 Å². The average molecular weight is 369 g/mol. The Labute approximate surface area is 159 Å². The van der Waals surface area contributed by atoms with Crippen LogP contribution in [0, 0.1) is 5.82 Å². The van der Waals surface area contributed by atoms with Crippen molar-refractivity contribution in [3.8, 4) is 11.3 Å². The smallest absolute Gasteiger partial charge is 0.136 e. The second kappa shape index (κ2) is 7.96. The van der Waals surface area contributed by atoms with Crippen LogP contribution in [0.2, 0.25) is 5.02 Å². The van der Waals surface area contributed by atoms with Crippen molar-refractivity contribution in [3.63, 3.8) is 0 Å². The van der Waals surface area contributed by atoms with Crippen LogP contribution in [0.5, 0.6) is 0 Å². The van der Waals surface area contributed by atoms with Crippen LogP contribution in [0.4, 0.5) is 4.39 Å². The molecule has 0 radical (unpaired) electrons. The molecule has 3 aromatic rings. The van der Waals surface area contributed by atoms with Crippen molar-refractivity contribution in [3.05, 3.63) is 82.5 Å². The van der Waals surface area contributed by atoms with Gasteiger partial charge < -0.3 is 0 Å². The van der Waals surface area contributed by atoms with Gasteiger partial charge in [-0.1, -0.05) is 56.6 Å². The predicted molar refractivity (Wildman–Crippen MR) is 105 cm³/mol. The molecule has 26 heavy (non-hydrogen) atoms. The molecule has 1 aromatic heterocycles. The first-order chi connectivity index (χ1) is 12.5. The highest BCUT2D eigenvalue weighted by Gasteiger charge is 2.15. The molecule has 1 atom stereocenters. The summed E-state index contributed by atoms with van der Waals surface area (Å²) in [6.07, 6.45) is 2.25. The van der Waals surface area contributed by atoms with Gasteiger partial charge in [0.2, 0.25) is 0 Å². The molecule has 0 amide bonds. The van der Waals surface area contributed by atoms with Crippen LogP contribution >= 0.6 is 11.6 Å². The van der Waals surface area contributed by atoms with Gasteiger partial charge in [-0.05, 0) is 53.6 Å². The van der Waals surface area contributed by atoms with Crippen molar-refractivity contribution in [2.75, 3.05) is 0 Å². The lowest BCUT2D eigenvalue weighted by molar-refractivity contribution is 0.601. The number of hydrogen-bond donors (Lipinski definition) is 0. The molecule has 0 aliphatic carbocycles. The van der Waals surface area contributed by atoms with Crippen LogP contribution < -0.4 is 0 Å². The molecule has 0 bridgehead atoms. The van der Waals surface area contributed by atoms with Crippen LogP contribution in [0.1, 0.15) is 49.4 Å². The fourth-order valence-electron chi connectivity index (χ4n) is 3.09. The van der Waals surface area contributed by atoms with Crippen LogP contribution in [0.25, 0.3) is 11.3 Å². The molecular formula is C22H22ClFN2. The minimum atomic E-state index is -0.199. The van der Waals surface area contributed by atoms with E-state index in [9.17, 15) is 4.39 Å². The van der Waals surface area contributed by atoms with Gasteiger partial charge in [0.15, 0.2) is 0 Å². The van der Waals surface area contributed by atoms with Crippen molar-refractivity contribution in [2.45, 2.75) is 39.0 Å². The molecule has 0 saturated heterocycles. The summed E-state index contributed by atoms with van der Waals surface area (Å²) < 4.78 is 14.8. The molecule has 2 aromatic carbocycles. The van der Waals surface area contributed by atoms with Gasteiger partial charge in [-0.3, -0.25) is 0 Å². The highest BCUT2D eigenvalue weighted by molar-refractivity contribution is 6.30. The Kier molecular flexibility index (Phi) is 5.67. The second-order valence-corrected chi connectivity index (χ2v) is 7.35. The minimum Gasteiger partial charge on any atom is -0.241 e. The van der Waals surface area contributed by atoms with E-state index in [4.69, 9.17) is 11.6 Å². The Hall–Kier alpha value is -2.26. The molecule has 1 unspecified atom stereocenters. The molecule has 0 spiro atoms. The van der Waals surface area contributed by atoms with Gasteiger partial charge in [-0.25, -0.2) is 14.4 Å². The summed E-state index contributed by atoms with van der Waals surface area (Å²) in [7, 11) is 0. The first kappa shape index (κ1) is 18.5. The Morgan fingerprint density at radius 1 is 1.00 bits per heavy atom. The standard InChI is InChI=1S/C22H22ClFN2/c1-14(2)19-8-5-9-20(22(19)24)21-12-18(25-13-26-21)10-15(3)16-6-4-7-17(23)11-16/h4-9,11-15H,10H2,1-3H3. The van der Waals surface area contributed by atoms with Crippen molar-refractivity contribution in [2.24, 2.45) is 0 Å². The maximum Gasteiger partial charge on any atom is 0.136 e. The average Bonchev–Trinajstić information content (AvgIpc) is 2.62. The normalized spacial score (nSPS) is 12.4. The number of benzene rings is 2. The zero-order valence-electron chi connectivity index (χ0n) is 15.2. The van der Waals surface area contributed by atoms with Crippen LogP contribution in [-0.4, -0.2) is 9.97 Å². The van der Waals surface area contributed by atoms with Gasteiger partial charge in [0.1, 0.15) is 12.1 Å². The molecular weight excluding hydrogens is 347 g/mol. The van der Waals surface area contributed by atoms with E-state index in [2.05, 4.69) is 23.0 Å². The van der Waals surface area contributed by atoms with E-state index in [0.717, 1.165) is 22.7 Å². The fourth-order valence-corrected chi connectivity index (χ4v) is 3.29. The third-order valence-corrected chi connectivity index (χ3v) is 4.82. The lowest BCUT2D eigenvalue weighted by Crippen LogP contribution is -2.02. The van der Waals surface area contributed by atoms with Gasteiger partial charge in [0.05, 0.1) is 5.69 Å². The third-order valence-electron chi connectivity index (χ3n) is 4.58. The van der Waals surface area contributed by atoms with Gasteiger partial charge in [0, 0.05) is 16.3 Å². The molecule has 0 aliphatic rings. The Morgan fingerprint density at radius 2 is 1.77 bits per heavy atom. The van der Waals surface area contributed by atoms with Crippen LogP contribution in [0.3, 0.4) is 0 Å². The van der Waals surface area contributed by atoms with Gasteiger partial charge in [-0.15, -0.1) is 0 Å². The summed E-state index contributed by atoms with van der Waals surface area (Å²) in [6, 6.07) is 15.2. The topological polar surface area (TPSA) is 25.8 Å². The van der Waals surface area contributed by atoms with Gasteiger partial charge in [-0.2, -0.15) is 0 Å². The van der Waals surface area contributed by atoms with Crippen LogP contribution in [-0.2, 0) is 6.42 Å². The quantitative estimate of drug-likeness (QED) is 0.520. The molecule has 4 heteroatoms. The van der Waals surface area contributed by atoms with E-state index in [1.54, 1.807) is 6.07 Å². The maximum atomic E-state index is 14.8. The molecule has 0 saturated carbocycles. The summed E-state index contributed by atoms with van der Waals surface area (Å²) in [5.74, 6) is 0.178. The monoisotopic (exact) mass is 368 g/mol. The van der Waals surface area contributed by atoms with E-state index >= 15 is 0 Å². The van der Waals surface area contributed by atoms with Crippen LogP contribution in [0.15, 0.2) is 54.9 Å². The molecule has 3 rings (SSSR count). The van der Waals surface area contributed by atoms with Crippen molar-refractivity contribution in [1.29, 1.82) is 0 Å².